The van der Waals surface area contributed by atoms with E-state index in [1.807, 2.05) is 13.8 Å². The minimum atomic E-state index is -0.256. The molecule has 0 spiro atoms. The molecule has 76 valence electrons. The normalized spacial score (nSPS) is 8.92. The average Bonchev–Trinajstić information content (AvgIpc) is 2.03. The van der Waals surface area contributed by atoms with Gasteiger partial charge in [-0.1, -0.05) is 25.7 Å². The largest absolute Gasteiger partial charge is 0.461 e. The molecule has 0 radical (unpaired) electrons. The van der Waals surface area contributed by atoms with Gasteiger partial charge in [-0.05, 0) is 25.8 Å². The van der Waals surface area contributed by atoms with Crippen molar-refractivity contribution >= 4 is 5.97 Å². The van der Waals surface area contributed by atoms with Gasteiger partial charge in [0.25, 0.3) is 0 Å². The van der Waals surface area contributed by atoms with E-state index in [9.17, 15) is 4.79 Å². The predicted molar refractivity (Wildman–Crippen MR) is 56.6 cm³/mol. The van der Waals surface area contributed by atoms with Crippen LogP contribution in [0.1, 0.15) is 34.1 Å². The Bertz CT molecular complexity index is 155. The number of carbonyl (C=O) groups excluding carboxylic acids is 1. The predicted octanol–water partition coefficient (Wildman–Crippen LogP) is 3.10. The third-order valence-corrected chi connectivity index (χ3v) is 0.993. The summed E-state index contributed by atoms with van der Waals surface area (Å²) >= 11 is 0. The SMILES string of the molecule is C/C=C\CC.C=C(C)COC(C)=O. The van der Waals surface area contributed by atoms with Crippen LogP contribution in [-0.4, -0.2) is 12.6 Å². The van der Waals surface area contributed by atoms with E-state index in [4.69, 9.17) is 0 Å². The molecule has 0 aromatic rings. The Kier molecular flexibility index (Phi) is 12.2. The van der Waals surface area contributed by atoms with Gasteiger partial charge in [0.2, 0.25) is 0 Å². The van der Waals surface area contributed by atoms with E-state index >= 15 is 0 Å². The van der Waals surface area contributed by atoms with Gasteiger partial charge in [0.15, 0.2) is 0 Å². The monoisotopic (exact) mass is 184 g/mol. The molecular weight excluding hydrogens is 164 g/mol. The number of ether oxygens (including phenoxy) is 1. The van der Waals surface area contributed by atoms with Crippen LogP contribution in [0.3, 0.4) is 0 Å². The van der Waals surface area contributed by atoms with Gasteiger partial charge in [-0.3, -0.25) is 4.79 Å². The van der Waals surface area contributed by atoms with E-state index < -0.39 is 0 Å². The van der Waals surface area contributed by atoms with E-state index in [0.717, 1.165) is 12.0 Å². The third kappa shape index (κ3) is 24.8. The van der Waals surface area contributed by atoms with E-state index in [0.29, 0.717) is 6.61 Å². The van der Waals surface area contributed by atoms with E-state index in [2.05, 4.69) is 30.4 Å². The van der Waals surface area contributed by atoms with Crippen LogP contribution in [0.2, 0.25) is 0 Å². The van der Waals surface area contributed by atoms with Crippen molar-refractivity contribution in [1.29, 1.82) is 0 Å². The topological polar surface area (TPSA) is 26.3 Å². The van der Waals surface area contributed by atoms with Crippen LogP contribution in [0, 0.1) is 0 Å². The molecule has 0 heterocycles. The minimum Gasteiger partial charge on any atom is -0.461 e. The fraction of sp³-hybridized carbons (Fsp3) is 0.545. The summed E-state index contributed by atoms with van der Waals surface area (Å²) in [6.07, 6.45) is 5.34. The highest BCUT2D eigenvalue weighted by atomic mass is 16.5. The zero-order chi connectivity index (χ0) is 10.7. The first kappa shape index (κ1) is 14.5. The maximum atomic E-state index is 10.1. The third-order valence-electron chi connectivity index (χ3n) is 0.993. The van der Waals surface area contributed by atoms with Crippen molar-refractivity contribution in [3.05, 3.63) is 24.3 Å². The Morgan fingerprint density at radius 1 is 1.46 bits per heavy atom. The molecule has 0 fully saturated rings. The number of carbonyl (C=O) groups is 1. The summed E-state index contributed by atoms with van der Waals surface area (Å²) in [6, 6.07) is 0. The molecule has 0 atom stereocenters. The lowest BCUT2D eigenvalue weighted by atomic mass is 10.4. The Morgan fingerprint density at radius 3 is 2.08 bits per heavy atom. The smallest absolute Gasteiger partial charge is 0.302 e. The van der Waals surface area contributed by atoms with Gasteiger partial charge in [-0.2, -0.15) is 0 Å². The number of hydrogen-bond acceptors (Lipinski definition) is 2. The van der Waals surface area contributed by atoms with Crippen molar-refractivity contribution in [2.45, 2.75) is 34.1 Å². The quantitative estimate of drug-likeness (QED) is 0.497. The first-order valence-corrected chi connectivity index (χ1v) is 4.43. The second kappa shape index (κ2) is 11.0. The highest BCUT2D eigenvalue weighted by Crippen LogP contribution is 1.86. The Balaban J connectivity index is 0. The summed E-state index contributed by atoms with van der Waals surface area (Å²) in [5.41, 5.74) is 0.861. The molecule has 0 saturated carbocycles. The van der Waals surface area contributed by atoms with Gasteiger partial charge in [0, 0.05) is 6.92 Å². The molecule has 2 heteroatoms. The second-order valence-corrected chi connectivity index (χ2v) is 2.71. The molecule has 13 heavy (non-hydrogen) atoms. The van der Waals surface area contributed by atoms with Gasteiger partial charge in [0.05, 0.1) is 0 Å². The molecule has 0 amide bonds. The fourth-order valence-corrected chi connectivity index (χ4v) is 0.461. The van der Waals surface area contributed by atoms with Crippen molar-refractivity contribution in [1.82, 2.24) is 0 Å². The van der Waals surface area contributed by atoms with E-state index in [1.54, 1.807) is 0 Å². The summed E-state index contributed by atoms with van der Waals surface area (Å²) in [5, 5.41) is 0. The first-order valence-electron chi connectivity index (χ1n) is 4.43. The number of hydrogen-bond donors (Lipinski definition) is 0. The van der Waals surface area contributed by atoms with Crippen molar-refractivity contribution in [3.63, 3.8) is 0 Å². The summed E-state index contributed by atoms with van der Waals surface area (Å²) in [7, 11) is 0. The van der Waals surface area contributed by atoms with Gasteiger partial charge in [0.1, 0.15) is 6.61 Å². The highest BCUT2D eigenvalue weighted by Gasteiger charge is 1.89. The fourth-order valence-electron chi connectivity index (χ4n) is 0.461. The molecule has 2 nitrogen and oxygen atoms in total. The lowest BCUT2D eigenvalue weighted by molar-refractivity contribution is -0.139. The molecule has 0 bridgehead atoms. The second-order valence-electron chi connectivity index (χ2n) is 2.71. The van der Waals surface area contributed by atoms with Gasteiger partial charge in [-0.25, -0.2) is 0 Å². The number of rotatable bonds is 3. The maximum Gasteiger partial charge on any atom is 0.302 e. The molecule has 0 unspecified atom stereocenters. The Morgan fingerprint density at radius 2 is 2.00 bits per heavy atom. The van der Waals surface area contributed by atoms with Crippen LogP contribution in [0.5, 0.6) is 0 Å². The standard InChI is InChI=1S/C6H10O2.C5H10/c1-5(2)4-8-6(3)7;1-3-5-4-2/h1,4H2,2-3H3;3,5H,4H2,1-2H3/b;5-3-. The molecule has 0 aromatic carbocycles. The van der Waals surface area contributed by atoms with Crippen LogP contribution in [0.4, 0.5) is 0 Å². The van der Waals surface area contributed by atoms with E-state index in [-0.39, 0.29) is 5.97 Å². The zero-order valence-electron chi connectivity index (χ0n) is 9.09. The molecule has 0 aliphatic rings. The van der Waals surface area contributed by atoms with Crippen molar-refractivity contribution < 1.29 is 9.53 Å². The van der Waals surface area contributed by atoms with Gasteiger partial charge < -0.3 is 4.74 Å². The molecular formula is C11H20O2. The molecule has 0 aliphatic carbocycles. The first-order chi connectivity index (χ1) is 6.04. The summed E-state index contributed by atoms with van der Waals surface area (Å²) < 4.78 is 4.56. The van der Waals surface area contributed by atoms with Gasteiger partial charge >= 0.3 is 5.97 Å². The van der Waals surface area contributed by atoms with Crippen molar-refractivity contribution in [3.8, 4) is 0 Å². The molecule has 0 saturated heterocycles. The molecule has 0 aliphatic heterocycles. The van der Waals surface area contributed by atoms with E-state index in [1.165, 1.54) is 6.92 Å². The van der Waals surface area contributed by atoms with Crippen LogP contribution in [-0.2, 0) is 9.53 Å². The lowest BCUT2D eigenvalue weighted by Gasteiger charge is -1.97. The summed E-state index contributed by atoms with van der Waals surface area (Å²) in [5.74, 6) is -0.256. The zero-order valence-corrected chi connectivity index (χ0v) is 9.09. The van der Waals surface area contributed by atoms with Crippen molar-refractivity contribution in [2.75, 3.05) is 6.61 Å². The van der Waals surface area contributed by atoms with Crippen LogP contribution >= 0.6 is 0 Å². The molecule has 0 rings (SSSR count). The van der Waals surface area contributed by atoms with Crippen LogP contribution < -0.4 is 0 Å². The summed E-state index contributed by atoms with van der Waals surface area (Å²) in [6.45, 7) is 11.2. The number of allylic oxidation sites excluding steroid dienone is 2. The Labute approximate surface area is 81.3 Å². The highest BCUT2D eigenvalue weighted by molar-refractivity contribution is 5.66. The van der Waals surface area contributed by atoms with Crippen LogP contribution in [0.15, 0.2) is 24.3 Å². The van der Waals surface area contributed by atoms with Crippen LogP contribution in [0.25, 0.3) is 0 Å². The lowest BCUT2D eigenvalue weighted by Crippen LogP contribution is -1.99. The average molecular weight is 184 g/mol. The number of esters is 1. The molecule has 0 N–H and O–H groups in total. The maximum absolute atomic E-state index is 10.1. The van der Waals surface area contributed by atoms with Crippen molar-refractivity contribution in [2.24, 2.45) is 0 Å². The minimum absolute atomic E-state index is 0.256. The summed E-state index contributed by atoms with van der Waals surface area (Å²) in [4.78, 5) is 10.1. The Hall–Kier alpha value is -1.05. The van der Waals surface area contributed by atoms with Gasteiger partial charge in [-0.15, -0.1) is 0 Å². The molecule has 0 aromatic heterocycles.